The Labute approximate surface area is 172 Å². The molecule has 1 amide bonds. The molecule has 2 atom stereocenters. The first-order chi connectivity index (χ1) is 13.6. The molecule has 1 N–H and O–H groups in total. The van der Waals surface area contributed by atoms with Crippen LogP contribution >= 0.6 is 0 Å². The fourth-order valence-electron chi connectivity index (χ4n) is 3.06. The van der Waals surface area contributed by atoms with Gasteiger partial charge in [0, 0.05) is 0 Å². The van der Waals surface area contributed by atoms with E-state index in [1.807, 2.05) is 44.2 Å². The van der Waals surface area contributed by atoms with E-state index in [0.29, 0.717) is 11.4 Å². The van der Waals surface area contributed by atoms with E-state index in [4.69, 9.17) is 9.47 Å². The van der Waals surface area contributed by atoms with E-state index in [1.165, 1.54) is 7.11 Å². The number of carbonyl (C=O) groups is 1. The first kappa shape index (κ1) is 22.5. The molecule has 8 heteroatoms. The van der Waals surface area contributed by atoms with E-state index < -0.39 is 22.0 Å². The lowest BCUT2D eigenvalue weighted by molar-refractivity contribution is -0.122. The van der Waals surface area contributed by atoms with Crippen LogP contribution in [0, 0.1) is 6.92 Å². The van der Waals surface area contributed by atoms with E-state index in [0.717, 1.165) is 27.4 Å². The Morgan fingerprint density at radius 1 is 1.03 bits per heavy atom. The molecule has 0 aromatic heterocycles. The zero-order valence-corrected chi connectivity index (χ0v) is 18.4. The van der Waals surface area contributed by atoms with Crippen molar-refractivity contribution in [2.24, 2.45) is 0 Å². The highest BCUT2D eigenvalue weighted by Gasteiger charge is 2.32. The van der Waals surface area contributed by atoms with Gasteiger partial charge in [0.2, 0.25) is 15.9 Å². The van der Waals surface area contributed by atoms with Gasteiger partial charge in [-0.2, -0.15) is 0 Å². The summed E-state index contributed by atoms with van der Waals surface area (Å²) in [4.78, 5) is 12.9. The monoisotopic (exact) mass is 420 g/mol. The van der Waals surface area contributed by atoms with Gasteiger partial charge >= 0.3 is 0 Å². The number of sulfonamides is 1. The van der Waals surface area contributed by atoms with Gasteiger partial charge < -0.3 is 14.8 Å². The summed E-state index contributed by atoms with van der Waals surface area (Å²) < 4.78 is 36.7. The Kier molecular flexibility index (Phi) is 7.13. The predicted molar refractivity (Wildman–Crippen MR) is 114 cm³/mol. The van der Waals surface area contributed by atoms with Gasteiger partial charge in [0.15, 0.2) is 0 Å². The number of nitrogens with one attached hydrogen (secondary N) is 1. The van der Waals surface area contributed by atoms with Gasteiger partial charge in [-0.1, -0.05) is 18.2 Å². The first-order valence-corrected chi connectivity index (χ1v) is 11.0. The maximum absolute atomic E-state index is 12.9. The van der Waals surface area contributed by atoms with Crippen LogP contribution in [0.2, 0.25) is 0 Å². The lowest BCUT2D eigenvalue weighted by atomic mass is 10.1. The van der Waals surface area contributed by atoms with Crippen LogP contribution in [0.15, 0.2) is 42.5 Å². The van der Waals surface area contributed by atoms with Crippen molar-refractivity contribution >= 4 is 21.6 Å². The number of carbonyl (C=O) groups excluding carboxylic acids is 1. The van der Waals surface area contributed by atoms with Crippen molar-refractivity contribution < 1.29 is 22.7 Å². The minimum absolute atomic E-state index is 0.309. The van der Waals surface area contributed by atoms with Crippen LogP contribution in [0.3, 0.4) is 0 Å². The molecule has 0 bridgehead atoms. The molecule has 2 aromatic carbocycles. The summed E-state index contributed by atoms with van der Waals surface area (Å²) in [6.07, 6.45) is 1.07. The van der Waals surface area contributed by atoms with Crippen LogP contribution in [0.25, 0.3) is 0 Å². The number of benzene rings is 2. The summed E-state index contributed by atoms with van der Waals surface area (Å²) >= 11 is 0. The van der Waals surface area contributed by atoms with Crippen molar-refractivity contribution in [1.82, 2.24) is 5.32 Å². The standard InChI is InChI=1S/C21H28N2O5S/c1-14-7-12-20(28-5)19(13-14)23(29(6,25)26)16(3)21(24)22-15(2)17-8-10-18(27-4)11-9-17/h7-13,15-16H,1-6H3,(H,22,24)/t15-,16-/m1/s1. The molecular weight excluding hydrogens is 392 g/mol. The number of ether oxygens (including phenoxy) is 2. The number of amides is 1. The average Bonchev–Trinajstić information content (AvgIpc) is 2.67. The fraction of sp³-hybridized carbons (Fsp3) is 0.381. The average molecular weight is 421 g/mol. The molecule has 2 rings (SSSR count). The van der Waals surface area contributed by atoms with Crippen LogP contribution in [-0.2, 0) is 14.8 Å². The quantitative estimate of drug-likeness (QED) is 0.710. The van der Waals surface area contributed by atoms with E-state index in [9.17, 15) is 13.2 Å². The van der Waals surface area contributed by atoms with Gasteiger partial charge in [0.25, 0.3) is 0 Å². The highest BCUT2D eigenvalue weighted by Crippen LogP contribution is 2.32. The topological polar surface area (TPSA) is 84.9 Å². The van der Waals surface area contributed by atoms with Crippen molar-refractivity contribution in [3.05, 3.63) is 53.6 Å². The number of methoxy groups -OCH3 is 2. The molecule has 0 saturated carbocycles. The summed E-state index contributed by atoms with van der Waals surface area (Å²) in [5, 5.41) is 2.88. The third kappa shape index (κ3) is 5.41. The molecule has 0 heterocycles. The summed E-state index contributed by atoms with van der Waals surface area (Å²) in [5.41, 5.74) is 2.06. The van der Waals surface area contributed by atoms with Gasteiger partial charge in [0.05, 0.1) is 32.2 Å². The van der Waals surface area contributed by atoms with E-state index in [2.05, 4.69) is 5.32 Å². The van der Waals surface area contributed by atoms with Crippen molar-refractivity contribution in [2.45, 2.75) is 32.9 Å². The van der Waals surface area contributed by atoms with Crippen molar-refractivity contribution in [3.63, 3.8) is 0 Å². The van der Waals surface area contributed by atoms with Crippen LogP contribution in [-0.4, -0.2) is 40.8 Å². The third-order valence-corrected chi connectivity index (χ3v) is 5.86. The minimum atomic E-state index is -3.75. The lowest BCUT2D eigenvalue weighted by Gasteiger charge is -2.30. The summed E-state index contributed by atoms with van der Waals surface area (Å²) in [7, 11) is -0.697. The number of nitrogens with zero attached hydrogens (tertiary/aromatic N) is 1. The van der Waals surface area contributed by atoms with Crippen LogP contribution in [0.5, 0.6) is 11.5 Å². The number of anilines is 1. The molecule has 0 aliphatic carbocycles. The Morgan fingerprint density at radius 2 is 1.66 bits per heavy atom. The predicted octanol–water partition coefficient (Wildman–Crippen LogP) is 3.04. The number of hydrogen-bond acceptors (Lipinski definition) is 5. The summed E-state index contributed by atoms with van der Waals surface area (Å²) in [5.74, 6) is 0.682. The fourth-order valence-corrected chi connectivity index (χ4v) is 4.23. The van der Waals surface area contributed by atoms with Crippen molar-refractivity contribution in [1.29, 1.82) is 0 Å². The molecule has 0 aliphatic heterocycles. The molecule has 7 nitrogen and oxygen atoms in total. The molecule has 0 spiro atoms. The van der Waals surface area contributed by atoms with Crippen LogP contribution in [0.4, 0.5) is 5.69 Å². The number of rotatable bonds is 8. The molecule has 29 heavy (non-hydrogen) atoms. The normalized spacial score (nSPS) is 13.3. The Bertz CT molecular complexity index is 958. The third-order valence-electron chi connectivity index (χ3n) is 4.63. The Hall–Kier alpha value is -2.74. The lowest BCUT2D eigenvalue weighted by Crippen LogP contribution is -2.48. The van der Waals surface area contributed by atoms with E-state index in [-0.39, 0.29) is 6.04 Å². The maximum Gasteiger partial charge on any atom is 0.244 e. The summed E-state index contributed by atoms with van der Waals surface area (Å²) in [6, 6.07) is 11.2. The second-order valence-electron chi connectivity index (χ2n) is 6.91. The molecule has 2 aromatic rings. The zero-order chi connectivity index (χ0) is 21.8. The van der Waals surface area contributed by atoms with Crippen molar-refractivity contribution in [2.75, 3.05) is 24.8 Å². The molecule has 0 aliphatic rings. The largest absolute Gasteiger partial charge is 0.497 e. The maximum atomic E-state index is 12.9. The molecule has 0 fully saturated rings. The van der Waals surface area contributed by atoms with Crippen LogP contribution < -0.4 is 19.1 Å². The van der Waals surface area contributed by atoms with Crippen molar-refractivity contribution in [3.8, 4) is 11.5 Å². The van der Waals surface area contributed by atoms with Gasteiger partial charge in [0.1, 0.15) is 17.5 Å². The first-order valence-electron chi connectivity index (χ1n) is 9.16. The number of aryl methyl sites for hydroxylation is 1. The molecular formula is C21H28N2O5S. The smallest absolute Gasteiger partial charge is 0.244 e. The molecule has 158 valence electrons. The summed E-state index contributed by atoms with van der Waals surface area (Å²) in [6.45, 7) is 5.24. The van der Waals surface area contributed by atoms with Gasteiger partial charge in [-0.3, -0.25) is 9.10 Å². The number of hydrogen-bond donors (Lipinski definition) is 1. The Morgan fingerprint density at radius 3 is 2.17 bits per heavy atom. The van der Waals surface area contributed by atoms with Crippen LogP contribution in [0.1, 0.15) is 31.0 Å². The van der Waals surface area contributed by atoms with Gasteiger partial charge in [-0.15, -0.1) is 0 Å². The molecule has 0 radical (unpaired) electrons. The second-order valence-corrected chi connectivity index (χ2v) is 8.77. The molecule has 0 saturated heterocycles. The SMILES string of the molecule is COc1ccc([C@@H](C)NC(=O)[C@@H](C)N(c2cc(C)ccc2OC)S(C)(=O)=O)cc1. The molecule has 0 unspecified atom stereocenters. The van der Waals surface area contributed by atoms with E-state index >= 15 is 0 Å². The van der Waals surface area contributed by atoms with E-state index in [1.54, 1.807) is 26.2 Å². The highest BCUT2D eigenvalue weighted by molar-refractivity contribution is 7.92. The van der Waals surface area contributed by atoms with Gasteiger partial charge in [-0.25, -0.2) is 8.42 Å². The van der Waals surface area contributed by atoms with Gasteiger partial charge in [-0.05, 0) is 56.2 Å². The Balaban J connectivity index is 2.30. The highest BCUT2D eigenvalue weighted by atomic mass is 32.2. The minimum Gasteiger partial charge on any atom is -0.497 e. The zero-order valence-electron chi connectivity index (χ0n) is 17.6. The second kappa shape index (κ2) is 9.17.